The lowest BCUT2D eigenvalue weighted by Gasteiger charge is -2.38. The quantitative estimate of drug-likeness (QED) is 0.775. The van der Waals surface area contributed by atoms with Crippen molar-refractivity contribution in [1.82, 2.24) is 5.32 Å². The van der Waals surface area contributed by atoms with Gasteiger partial charge in [0.15, 0.2) is 0 Å². The van der Waals surface area contributed by atoms with Gasteiger partial charge in [0.2, 0.25) is 0 Å². The normalized spacial score (nSPS) is 30.5. The van der Waals surface area contributed by atoms with Crippen LogP contribution in [0.5, 0.6) is 0 Å². The van der Waals surface area contributed by atoms with Gasteiger partial charge in [-0.1, -0.05) is 24.5 Å². The average Bonchev–Trinajstić information content (AvgIpc) is 2.88. The van der Waals surface area contributed by atoms with Crippen LogP contribution in [0.25, 0.3) is 0 Å². The summed E-state index contributed by atoms with van der Waals surface area (Å²) >= 11 is 0. The van der Waals surface area contributed by atoms with Crippen molar-refractivity contribution < 1.29 is 4.74 Å². The highest BCUT2D eigenvalue weighted by molar-refractivity contribution is 5.05. The minimum atomic E-state index is 0.264. The lowest BCUT2D eigenvalue weighted by molar-refractivity contribution is -0.0834. The summed E-state index contributed by atoms with van der Waals surface area (Å²) in [4.78, 5) is 0. The second kappa shape index (κ2) is 6.41. The Hall–Kier alpha value is -0.340. The Kier molecular flexibility index (Phi) is 4.60. The molecule has 0 aromatic carbocycles. The van der Waals surface area contributed by atoms with E-state index in [0.29, 0.717) is 6.04 Å². The van der Waals surface area contributed by atoms with E-state index < -0.39 is 0 Å². The van der Waals surface area contributed by atoms with Crippen molar-refractivity contribution in [2.24, 2.45) is 0 Å². The number of hydrogen-bond acceptors (Lipinski definition) is 2. The molecule has 2 heteroatoms. The first-order valence-corrected chi connectivity index (χ1v) is 8.42. The predicted octanol–water partition coefficient (Wildman–Crippen LogP) is 3.96. The minimum Gasteiger partial charge on any atom is -0.375 e. The fraction of sp³-hybridized carbons (Fsp3) is 0.882. The zero-order chi connectivity index (χ0) is 13.0. The average molecular weight is 263 g/mol. The molecule has 2 aliphatic carbocycles. The highest BCUT2D eigenvalue weighted by Gasteiger charge is 2.39. The van der Waals surface area contributed by atoms with Crippen molar-refractivity contribution in [1.29, 1.82) is 0 Å². The van der Waals surface area contributed by atoms with Gasteiger partial charge in [-0.3, -0.25) is 0 Å². The van der Waals surface area contributed by atoms with Crippen molar-refractivity contribution >= 4 is 0 Å². The van der Waals surface area contributed by atoms with E-state index in [4.69, 9.17) is 4.74 Å². The Labute approximate surface area is 118 Å². The summed E-state index contributed by atoms with van der Waals surface area (Å²) in [5.41, 5.74) is 1.96. The Morgan fingerprint density at radius 2 is 2.11 bits per heavy atom. The zero-order valence-electron chi connectivity index (χ0n) is 12.3. The highest BCUT2D eigenvalue weighted by atomic mass is 16.5. The predicted molar refractivity (Wildman–Crippen MR) is 79.3 cm³/mol. The molecule has 19 heavy (non-hydrogen) atoms. The molecular weight excluding hydrogens is 234 g/mol. The first kappa shape index (κ1) is 13.6. The lowest BCUT2D eigenvalue weighted by Crippen LogP contribution is -2.45. The standard InChI is InChI=1S/C17H29NO/c1-2-6-15(7-3-1)8-12-18-16-9-13-19-17(14-16)10-4-5-11-17/h6,16,18H,1-5,7-14H2. The molecule has 1 saturated heterocycles. The van der Waals surface area contributed by atoms with Gasteiger partial charge in [-0.2, -0.15) is 0 Å². The monoisotopic (exact) mass is 263 g/mol. The van der Waals surface area contributed by atoms with Gasteiger partial charge >= 0.3 is 0 Å². The minimum absolute atomic E-state index is 0.264. The topological polar surface area (TPSA) is 21.3 Å². The summed E-state index contributed by atoms with van der Waals surface area (Å²) in [7, 11) is 0. The largest absolute Gasteiger partial charge is 0.375 e. The molecule has 1 spiro atoms. The fourth-order valence-corrected chi connectivity index (χ4v) is 4.14. The Morgan fingerprint density at radius 1 is 1.21 bits per heavy atom. The molecule has 1 N–H and O–H groups in total. The molecule has 1 aliphatic heterocycles. The van der Waals surface area contributed by atoms with Gasteiger partial charge < -0.3 is 10.1 Å². The van der Waals surface area contributed by atoms with Crippen LogP contribution in [-0.2, 0) is 4.74 Å². The van der Waals surface area contributed by atoms with E-state index in [2.05, 4.69) is 11.4 Å². The molecule has 0 aromatic heterocycles. The Balaban J connectivity index is 1.41. The van der Waals surface area contributed by atoms with Crippen molar-refractivity contribution in [3.8, 4) is 0 Å². The van der Waals surface area contributed by atoms with Crippen LogP contribution in [0.3, 0.4) is 0 Å². The molecule has 3 rings (SSSR count). The molecule has 0 amide bonds. The third kappa shape index (κ3) is 3.61. The summed E-state index contributed by atoms with van der Waals surface area (Å²) in [6, 6.07) is 0.705. The Morgan fingerprint density at radius 3 is 2.89 bits per heavy atom. The van der Waals surface area contributed by atoms with Crippen molar-refractivity contribution in [2.75, 3.05) is 13.2 Å². The van der Waals surface area contributed by atoms with Crippen molar-refractivity contribution in [2.45, 2.75) is 82.3 Å². The van der Waals surface area contributed by atoms with Gasteiger partial charge in [0.05, 0.1) is 5.60 Å². The van der Waals surface area contributed by atoms with E-state index in [1.807, 2.05) is 0 Å². The molecule has 1 heterocycles. The molecule has 1 unspecified atom stereocenters. The second-order valence-corrected chi connectivity index (χ2v) is 6.74. The molecular formula is C17H29NO. The molecule has 2 fully saturated rings. The van der Waals surface area contributed by atoms with Crippen LogP contribution in [0.15, 0.2) is 11.6 Å². The molecule has 2 nitrogen and oxygen atoms in total. The van der Waals surface area contributed by atoms with E-state index in [0.717, 1.165) is 6.61 Å². The number of hydrogen-bond donors (Lipinski definition) is 1. The molecule has 0 radical (unpaired) electrons. The van der Waals surface area contributed by atoms with Crippen LogP contribution in [0, 0.1) is 0 Å². The lowest BCUT2D eigenvalue weighted by atomic mass is 9.88. The van der Waals surface area contributed by atoms with Crippen molar-refractivity contribution in [3.05, 3.63) is 11.6 Å². The smallest absolute Gasteiger partial charge is 0.0697 e. The van der Waals surface area contributed by atoms with Gasteiger partial charge in [0.25, 0.3) is 0 Å². The van der Waals surface area contributed by atoms with Crippen LogP contribution in [0.1, 0.15) is 70.6 Å². The molecule has 1 saturated carbocycles. The van der Waals surface area contributed by atoms with Crippen LogP contribution in [0.4, 0.5) is 0 Å². The fourth-order valence-electron chi connectivity index (χ4n) is 4.14. The van der Waals surface area contributed by atoms with Gasteiger partial charge in [0, 0.05) is 12.6 Å². The van der Waals surface area contributed by atoms with Gasteiger partial charge in [-0.25, -0.2) is 0 Å². The first-order valence-electron chi connectivity index (χ1n) is 8.42. The maximum Gasteiger partial charge on any atom is 0.0697 e. The number of nitrogens with one attached hydrogen (secondary N) is 1. The third-order valence-corrected chi connectivity index (χ3v) is 5.27. The molecule has 108 valence electrons. The van der Waals surface area contributed by atoms with E-state index >= 15 is 0 Å². The maximum atomic E-state index is 6.10. The first-order chi connectivity index (χ1) is 9.36. The van der Waals surface area contributed by atoms with E-state index in [1.165, 1.54) is 77.2 Å². The second-order valence-electron chi connectivity index (χ2n) is 6.74. The van der Waals surface area contributed by atoms with Crippen LogP contribution < -0.4 is 5.32 Å². The van der Waals surface area contributed by atoms with Gasteiger partial charge in [-0.05, 0) is 64.3 Å². The van der Waals surface area contributed by atoms with Crippen LogP contribution in [-0.4, -0.2) is 24.8 Å². The summed E-state index contributed by atoms with van der Waals surface area (Å²) in [6.45, 7) is 2.15. The third-order valence-electron chi connectivity index (χ3n) is 5.27. The summed E-state index contributed by atoms with van der Waals surface area (Å²) in [6.07, 6.45) is 17.0. The van der Waals surface area contributed by atoms with Crippen molar-refractivity contribution in [3.63, 3.8) is 0 Å². The molecule has 3 aliphatic rings. The Bertz CT molecular complexity index is 317. The maximum absolute atomic E-state index is 6.10. The summed E-state index contributed by atoms with van der Waals surface area (Å²) in [5.74, 6) is 0. The highest BCUT2D eigenvalue weighted by Crippen LogP contribution is 2.39. The molecule has 0 bridgehead atoms. The molecule has 0 aromatic rings. The number of rotatable bonds is 4. The zero-order valence-corrected chi connectivity index (χ0v) is 12.3. The SMILES string of the molecule is C1=C(CCNC2CCOC3(CCCC3)C2)CCCC1. The number of ether oxygens (including phenoxy) is 1. The van der Waals surface area contributed by atoms with Crippen LogP contribution >= 0.6 is 0 Å². The van der Waals surface area contributed by atoms with Gasteiger partial charge in [-0.15, -0.1) is 0 Å². The van der Waals surface area contributed by atoms with E-state index in [9.17, 15) is 0 Å². The number of allylic oxidation sites excluding steroid dienone is 1. The van der Waals surface area contributed by atoms with Crippen LogP contribution in [0.2, 0.25) is 0 Å². The van der Waals surface area contributed by atoms with E-state index in [-0.39, 0.29) is 5.60 Å². The van der Waals surface area contributed by atoms with Gasteiger partial charge in [0.1, 0.15) is 0 Å². The molecule has 1 atom stereocenters. The van der Waals surface area contributed by atoms with E-state index in [1.54, 1.807) is 5.57 Å². The summed E-state index contributed by atoms with van der Waals surface area (Å²) in [5, 5.41) is 3.80. The summed E-state index contributed by atoms with van der Waals surface area (Å²) < 4.78 is 6.10.